The molecule has 2 heterocycles. The van der Waals surface area contributed by atoms with Gasteiger partial charge in [-0.15, -0.1) is 0 Å². The summed E-state index contributed by atoms with van der Waals surface area (Å²) in [5, 5.41) is 5.03. The molecule has 2 nitrogen and oxygen atoms in total. The maximum atomic E-state index is 3.62. The molecule has 0 amide bonds. The van der Waals surface area contributed by atoms with Crippen LogP contribution in [0.25, 0.3) is 60.4 Å². The summed E-state index contributed by atoms with van der Waals surface area (Å²) in [6.07, 6.45) is 0. The van der Waals surface area contributed by atoms with Crippen molar-refractivity contribution < 1.29 is 0 Å². The molecule has 0 atom stereocenters. The van der Waals surface area contributed by atoms with Gasteiger partial charge in [0.2, 0.25) is 0 Å². The minimum absolute atomic E-state index is 1.09. The minimum Gasteiger partial charge on any atom is -0.355 e. The Kier molecular flexibility index (Phi) is 4.02. The fourth-order valence-corrected chi connectivity index (χ4v) is 5.42. The van der Waals surface area contributed by atoms with E-state index in [1.165, 1.54) is 49.4 Å². The van der Waals surface area contributed by atoms with Crippen molar-refractivity contribution in [3.05, 3.63) is 114 Å². The first-order valence-corrected chi connectivity index (χ1v) is 11.9. The molecular weight excluding hydrogens is 468 g/mol. The van der Waals surface area contributed by atoms with Crippen molar-refractivity contribution in [2.45, 2.75) is 0 Å². The number of aromatic amines is 1. The lowest BCUT2D eigenvalue weighted by Gasteiger charge is -2.08. The summed E-state index contributed by atoms with van der Waals surface area (Å²) in [6, 6.07) is 39.2. The zero-order valence-corrected chi connectivity index (χ0v) is 19.3. The minimum atomic E-state index is 1.09. The Morgan fingerprint density at radius 3 is 2.00 bits per heavy atom. The van der Waals surface area contributed by atoms with Gasteiger partial charge in [0.05, 0.1) is 11.0 Å². The van der Waals surface area contributed by atoms with Gasteiger partial charge in [0.25, 0.3) is 0 Å². The normalized spacial score (nSPS) is 11.8. The van der Waals surface area contributed by atoms with Gasteiger partial charge < -0.3 is 9.55 Å². The molecule has 0 aliphatic carbocycles. The number of rotatable bonds is 2. The average Bonchev–Trinajstić information content (AvgIpc) is 3.39. The highest BCUT2D eigenvalue weighted by Crippen LogP contribution is 2.36. The fraction of sp³-hybridized carbons (Fsp3) is 0. The van der Waals surface area contributed by atoms with Crippen LogP contribution < -0.4 is 0 Å². The van der Waals surface area contributed by atoms with E-state index in [-0.39, 0.29) is 0 Å². The highest BCUT2D eigenvalue weighted by Gasteiger charge is 2.13. The summed E-state index contributed by atoms with van der Waals surface area (Å²) < 4.78 is 3.45. The lowest BCUT2D eigenvalue weighted by Crippen LogP contribution is -1.92. The Morgan fingerprint density at radius 2 is 1.15 bits per heavy atom. The summed E-state index contributed by atoms with van der Waals surface area (Å²) >= 11 is 3.62. The van der Waals surface area contributed by atoms with Crippen molar-refractivity contribution in [3.8, 4) is 16.8 Å². The number of nitrogens with one attached hydrogen (secondary N) is 1. The first kappa shape index (κ1) is 18.7. The lowest BCUT2D eigenvalue weighted by atomic mass is 10.0. The van der Waals surface area contributed by atoms with Crippen molar-refractivity contribution in [2.24, 2.45) is 0 Å². The van der Waals surface area contributed by atoms with E-state index in [0.29, 0.717) is 0 Å². The van der Waals surface area contributed by atoms with Crippen LogP contribution in [-0.2, 0) is 0 Å². The summed E-state index contributed by atoms with van der Waals surface area (Å²) in [5.41, 5.74) is 8.41. The zero-order valence-electron chi connectivity index (χ0n) is 17.7. The summed E-state index contributed by atoms with van der Waals surface area (Å²) in [6.45, 7) is 0. The van der Waals surface area contributed by atoms with Crippen LogP contribution in [0.2, 0.25) is 0 Å². The molecule has 0 saturated heterocycles. The average molecular weight is 487 g/mol. The van der Waals surface area contributed by atoms with Crippen LogP contribution >= 0.6 is 15.9 Å². The Balaban J connectivity index is 1.48. The molecule has 156 valence electrons. The number of hydrogen-bond acceptors (Lipinski definition) is 0. The number of aromatic nitrogens is 2. The van der Waals surface area contributed by atoms with E-state index in [1.807, 2.05) is 0 Å². The van der Waals surface area contributed by atoms with Crippen molar-refractivity contribution >= 4 is 59.5 Å². The van der Waals surface area contributed by atoms with Crippen LogP contribution in [0.3, 0.4) is 0 Å². The van der Waals surface area contributed by atoms with Gasteiger partial charge in [0.1, 0.15) is 0 Å². The molecule has 0 aliphatic rings. The van der Waals surface area contributed by atoms with E-state index >= 15 is 0 Å². The lowest BCUT2D eigenvalue weighted by molar-refractivity contribution is 1.18. The molecule has 7 rings (SSSR count). The number of fused-ring (bicyclic) bond motifs is 6. The molecule has 0 unspecified atom stereocenters. The van der Waals surface area contributed by atoms with E-state index in [0.717, 1.165) is 15.5 Å². The second kappa shape index (κ2) is 7.09. The Bertz CT molecular complexity index is 1820. The highest BCUT2D eigenvalue weighted by atomic mass is 79.9. The maximum absolute atomic E-state index is 3.62. The van der Waals surface area contributed by atoms with Crippen LogP contribution in [0.4, 0.5) is 0 Å². The predicted molar refractivity (Wildman–Crippen MR) is 143 cm³/mol. The molecule has 0 radical (unpaired) electrons. The van der Waals surface area contributed by atoms with Crippen LogP contribution in [0.5, 0.6) is 0 Å². The first-order valence-electron chi connectivity index (χ1n) is 11.1. The molecule has 0 saturated carbocycles. The zero-order chi connectivity index (χ0) is 21.9. The summed E-state index contributed by atoms with van der Waals surface area (Å²) in [7, 11) is 0. The topological polar surface area (TPSA) is 20.7 Å². The molecule has 7 aromatic rings. The van der Waals surface area contributed by atoms with Gasteiger partial charge in [0.15, 0.2) is 0 Å². The van der Waals surface area contributed by atoms with Crippen LogP contribution in [0.15, 0.2) is 114 Å². The molecule has 5 aromatic carbocycles. The fourth-order valence-electron chi connectivity index (χ4n) is 5.06. The van der Waals surface area contributed by atoms with Gasteiger partial charge in [-0.3, -0.25) is 0 Å². The van der Waals surface area contributed by atoms with Gasteiger partial charge in [0, 0.05) is 42.7 Å². The molecule has 1 N–H and O–H groups in total. The Hall–Kier alpha value is -3.82. The molecule has 2 aromatic heterocycles. The van der Waals surface area contributed by atoms with E-state index in [4.69, 9.17) is 0 Å². The van der Waals surface area contributed by atoms with Crippen LogP contribution in [0, 0.1) is 0 Å². The van der Waals surface area contributed by atoms with Crippen LogP contribution in [0.1, 0.15) is 0 Å². The van der Waals surface area contributed by atoms with Gasteiger partial charge >= 0.3 is 0 Å². The number of nitrogens with zero attached hydrogens (tertiary/aromatic N) is 1. The molecule has 33 heavy (non-hydrogen) atoms. The number of para-hydroxylation sites is 2. The van der Waals surface area contributed by atoms with Gasteiger partial charge in [-0.25, -0.2) is 0 Å². The smallest absolute Gasteiger partial charge is 0.0541 e. The van der Waals surface area contributed by atoms with Gasteiger partial charge in [-0.2, -0.15) is 0 Å². The van der Waals surface area contributed by atoms with Gasteiger partial charge in [-0.1, -0.05) is 64.5 Å². The third-order valence-corrected chi connectivity index (χ3v) is 7.07. The third kappa shape index (κ3) is 2.86. The Morgan fingerprint density at radius 1 is 0.515 bits per heavy atom. The molecule has 3 heteroatoms. The number of benzene rings is 5. The van der Waals surface area contributed by atoms with Crippen molar-refractivity contribution in [1.29, 1.82) is 0 Å². The van der Waals surface area contributed by atoms with Crippen LogP contribution in [-0.4, -0.2) is 9.55 Å². The third-order valence-electron chi connectivity index (χ3n) is 6.58. The van der Waals surface area contributed by atoms with Gasteiger partial charge in [-0.05, 0) is 71.8 Å². The molecule has 0 fully saturated rings. The largest absolute Gasteiger partial charge is 0.355 e. The standard InChI is InChI=1S/C30H19BrN2/c31-21-12-14-28-25(18-21)24-16-19(10-13-27(24)32-28)20-11-15-30-26(17-20)23-8-4-5-9-29(23)33(30)22-6-2-1-3-7-22/h1-18,32H. The van der Waals surface area contributed by atoms with E-state index in [9.17, 15) is 0 Å². The second-order valence-electron chi connectivity index (χ2n) is 8.50. The molecule has 0 spiro atoms. The van der Waals surface area contributed by atoms with Crippen molar-refractivity contribution in [3.63, 3.8) is 0 Å². The predicted octanol–water partition coefficient (Wildman–Crippen LogP) is 8.85. The SMILES string of the molecule is Brc1ccc2[nH]c3ccc(-c4ccc5c(c4)c4ccccc4n5-c4ccccc4)cc3c2c1. The number of hydrogen-bond donors (Lipinski definition) is 1. The summed E-state index contributed by atoms with van der Waals surface area (Å²) in [5.74, 6) is 0. The molecule has 0 bridgehead atoms. The maximum Gasteiger partial charge on any atom is 0.0541 e. The second-order valence-corrected chi connectivity index (χ2v) is 9.41. The highest BCUT2D eigenvalue weighted by molar-refractivity contribution is 9.10. The van der Waals surface area contributed by atoms with E-state index < -0.39 is 0 Å². The Labute approximate surface area is 199 Å². The monoisotopic (exact) mass is 486 g/mol. The van der Waals surface area contributed by atoms with E-state index in [2.05, 4.69) is 135 Å². The number of halogens is 1. The van der Waals surface area contributed by atoms with E-state index in [1.54, 1.807) is 0 Å². The molecule has 0 aliphatic heterocycles. The number of H-pyrrole nitrogens is 1. The quantitative estimate of drug-likeness (QED) is 0.252. The summed E-state index contributed by atoms with van der Waals surface area (Å²) in [4.78, 5) is 3.54. The molecular formula is C30H19BrN2. The van der Waals surface area contributed by atoms with Crippen molar-refractivity contribution in [1.82, 2.24) is 9.55 Å². The first-order chi connectivity index (χ1) is 16.3. The van der Waals surface area contributed by atoms with Crippen molar-refractivity contribution in [2.75, 3.05) is 0 Å².